The number of carbonyl (C=O) groups excluding carboxylic acids is 1. The minimum Gasteiger partial charge on any atom is -0.312 e. The summed E-state index contributed by atoms with van der Waals surface area (Å²) in [5.74, 6) is -0.0301. The summed E-state index contributed by atoms with van der Waals surface area (Å²) in [7, 11) is -3.66. The minimum atomic E-state index is -3.66. The first-order valence-electron chi connectivity index (χ1n) is 6.81. The van der Waals surface area contributed by atoms with Crippen molar-refractivity contribution >= 4 is 38.1 Å². The van der Waals surface area contributed by atoms with Crippen LogP contribution in [-0.4, -0.2) is 25.9 Å². The van der Waals surface area contributed by atoms with Crippen LogP contribution >= 0.6 is 11.3 Å². The highest BCUT2D eigenvalue weighted by molar-refractivity contribution is 7.93. The zero-order valence-electron chi connectivity index (χ0n) is 11.9. The van der Waals surface area contributed by atoms with Crippen LogP contribution in [0.1, 0.15) is 18.9 Å². The number of aryl methyl sites for hydroxylation is 1. The molecule has 3 rings (SSSR count). The maximum atomic E-state index is 12.4. The van der Waals surface area contributed by atoms with Crippen molar-refractivity contribution in [2.45, 2.75) is 24.7 Å². The highest BCUT2D eigenvalue weighted by Gasteiger charge is 2.23. The topological polar surface area (TPSA) is 79.4 Å². The summed E-state index contributed by atoms with van der Waals surface area (Å²) in [5, 5.41) is 2.04. The molecule has 2 aromatic rings. The Balaban J connectivity index is 1.95. The second-order valence-corrected chi connectivity index (χ2v) is 7.58. The van der Waals surface area contributed by atoms with E-state index in [1.54, 1.807) is 28.6 Å². The van der Waals surface area contributed by atoms with Crippen molar-refractivity contribution in [3.05, 3.63) is 35.3 Å². The van der Waals surface area contributed by atoms with E-state index in [2.05, 4.69) is 9.71 Å². The fraction of sp³-hybridized carbons (Fsp3) is 0.286. The molecule has 1 aliphatic rings. The molecule has 2 heterocycles. The summed E-state index contributed by atoms with van der Waals surface area (Å²) >= 11 is 1.22. The Morgan fingerprint density at radius 3 is 2.91 bits per heavy atom. The summed E-state index contributed by atoms with van der Waals surface area (Å²) < 4.78 is 27.2. The first-order valence-corrected chi connectivity index (χ1v) is 9.17. The van der Waals surface area contributed by atoms with E-state index in [9.17, 15) is 13.2 Å². The molecule has 1 amide bonds. The molecule has 0 aliphatic carbocycles. The molecule has 1 N–H and O–H groups in total. The molecule has 1 aromatic heterocycles. The Hall–Kier alpha value is -1.93. The van der Waals surface area contributed by atoms with Crippen LogP contribution in [-0.2, 0) is 21.2 Å². The normalized spacial score (nSPS) is 14.5. The average Bonchev–Trinajstić information content (AvgIpc) is 2.98. The molecule has 6 nitrogen and oxygen atoms in total. The molecule has 0 spiro atoms. The van der Waals surface area contributed by atoms with Crippen LogP contribution in [0.2, 0.25) is 0 Å². The molecule has 1 aliphatic heterocycles. The number of benzene rings is 1. The number of nitrogens with one attached hydrogen (secondary N) is 1. The van der Waals surface area contributed by atoms with Gasteiger partial charge in [0.2, 0.25) is 5.91 Å². The highest BCUT2D eigenvalue weighted by atomic mass is 32.2. The van der Waals surface area contributed by atoms with Gasteiger partial charge in [-0.1, -0.05) is 0 Å². The van der Waals surface area contributed by atoms with Gasteiger partial charge in [0.05, 0.1) is 4.90 Å². The Bertz CT molecular complexity index is 801. The molecule has 0 saturated carbocycles. The van der Waals surface area contributed by atoms with E-state index in [0.29, 0.717) is 11.7 Å². The van der Waals surface area contributed by atoms with Crippen LogP contribution in [0.15, 0.2) is 34.7 Å². The molecule has 8 heteroatoms. The lowest BCUT2D eigenvalue weighted by Crippen LogP contribution is -2.33. The molecule has 0 saturated heterocycles. The third-order valence-electron chi connectivity index (χ3n) is 3.51. The van der Waals surface area contributed by atoms with E-state index in [1.807, 2.05) is 0 Å². The lowest BCUT2D eigenvalue weighted by Gasteiger charge is -2.28. The number of amides is 1. The maximum absolute atomic E-state index is 12.4. The number of hydrogen-bond acceptors (Lipinski definition) is 5. The van der Waals surface area contributed by atoms with Crippen molar-refractivity contribution in [1.29, 1.82) is 0 Å². The van der Waals surface area contributed by atoms with Crippen molar-refractivity contribution in [1.82, 2.24) is 4.98 Å². The van der Waals surface area contributed by atoms with Crippen LogP contribution in [0.5, 0.6) is 0 Å². The lowest BCUT2D eigenvalue weighted by atomic mass is 10.0. The number of nitrogens with zero attached hydrogens (tertiary/aromatic N) is 2. The predicted molar refractivity (Wildman–Crippen MR) is 85.7 cm³/mol. The number of aromatic nitrogens is 1. The molecule has 0 bridgehead atoms. The molecule has 1 aromatic carbocycles. The van der Waals surface area contributed by atoms with E-state index in [1.165, 1.54) is 24.3 Å². The second-order valence-electron chi connectivity index (χ2n) is 5.01. The number of fused-ring (bicyclic) bond motifs is 1. The zero-order valence-corrected chi connectivity index (χ0v) is 13.6. The molecule has 0 fully saturated rings. The van der Waals surface area contributed by atoms with Crippen LogP contribution in [0, 0.1) is 0 Å². The van der Waals surface area contributed by atoms with Crippen LogP contribution in [0.4, 0.5) is 10.8 Å². The standard InChI is InChI=1S/C14H15N3O3S2/c1-10(18)17-7-2-3-11-9-12(4-5-13(11)17)22(19,20)16-14-15-6-8-21-14/h4-6,8-9H,2-3,7H2,1H3,(H,15,16). The van der Waals surface area contributed by atoms with Crippen molar-refractivity contribution in [2.75, 3.05) is 16.2 Å². The van der Waals surface area contributed by atoms with E-state index < -0.39 is 10.0 Å². The van der Waals surface area contributed by atoms with Gasteiger partial charge >= 0.3 is 0 Å². The zero-order chi connectivity index (χ0) is 15.7. The van der Waals surface area contributed by atoms with E-state index in [-0.39, 0.29) is 10.8 Å². The average molecular weight is 337 g/mol. The van der Waals surface area contributed by atoms with Gasteiger partial charge in [0.25, 0.3) is 10.0 Å². The fourth-order valence-electron chi connectivity index (χ4n) is 2.52. The molecule has 0 atom stereocenters. The Kier molecular flexibility index (Phi) is 3.88. The maximum Gasteiger partial charge on any atom is 0.263 e. The molecular formula is C14H15N3O3S2. The van der Waals surface area contributed by atoms with Gasteiger partial charge in [0.15, 0.2) is 5.13 Å². The van der Waals surface area contributed by atoms with Crippen molar-refractivity contribution in [3.63, 3.8) is 0 Å². The molecule has 22 heavy (non-hydrogen) atoms. The van der Waals surface area contributed by atoms with E-state index >= 15 is 0 Å². The van der Waals surface area contributed by atoms with Crippen molar-refractivity contribution in [3.8, 4) is 0 Å². The van der Waals surface area contributed by atoms with Gasteiger partial charge in [-0.2, -0.15) is 0 Å². The quantitative estimate of drug-likeness (QED) is 0.931. The Labute approximate surface area is 132 Å². The van der Waals surface area contributed by atoms with E-state index in [0.717, 1.165) is 24.1 Å². The van der Waals surface area contributed by atoms with Gasteiger partial charge in [-0.05, 0) is 36.6 Å². The lowest BCUT2D eigenvalue weighted by molar-refractivity contribution is -0.116. The summed E-state index contributed by atoms with van der Waals surface area (Å²) in [6.45, 7) is 2.19. The van der Waals surface area contributed by atoms with Crippen LogP contribution < -0.4 is 9.62 Å². The largest absolute Gasteiger partial charge is 0.312 e. The van der Waals surface area contributed by atoms with E-state index in [4.69, 9.17) is 0 Å². The van der Waals surface area contributed by atoms with Gasteiger partial charge < -0.3 is 4.90 Å². The van der Waals surface area contributed by atoms with Crippen LogP contribution in [0.25, 0.3) is 0 Å². The summed E-state index contributed by atoms with van der Waals surface area (Å²) in [6.07, 6.45) is 3.13. The first-order chi connectivity index (χ1) is 10.5. The smallest absolute Gasteiger partial charge is 0.263 e. The summed E-state index contributed by atoms with van der Waals surface area (Å²) in [4.78, 5) is 17.4. The summed E-state index contributed by atoms with van der Waals surface area (Å²) in [5.41, 5.74) is 1.68. The minimum absolute atomic E-state index is 0.0301. The molecular weight excluding hydrogens is 322 g/mol. The Morgan fingerprint density at radius 1 is 1.41 bits per heavy atom. The third kappa shape index (κ3) is 2.84. The highest BCUT2D eigenvalue weighted by Crippen LogP contribution is 2.30. The van der Waals surface area contributed by atoms with Gasteiger partial charge in [0.1, 0.15) is 0 Å². The monoisotopic (exact) mass is 337 g/mol. The number of thiazole rings is 1. The van der Waals surface area contributed by atoms with Gasteiger partial charge in [-0.15, -0.1) is 11.3 Å². The summed E-state index contributed by atoms with van der Waals surface area (Å²) in [6, 6.07) is 4.86. The Morgan fingerprint density at radius 2 is 2.23 bits per heavy atom. The second kappa shape index (κ2) is 5.69. The third-order valence-corrected chi connectivity index (χ3v) is 5.67. The van der Waals surface area contributed by atoms with Crippen LogP contribution in [0.3, 0.4) is 0 Å². The van der Waals surface area contributed by atoms with Gasteiger partial charge in [-0.25, -0.2) is 13.4 Å². The predicted octanol–water partition coefficient (Wildman–Crippen LogP) is 2.24. The fourth-order valence-corrected chi connectivity index (χ4v) is 4.35. The van der Waals surface area contributed by atoms with Crippen molar-refractivity contribution in [2.24, 2.45) is 0 Å². The number of sulfonamides is 1. The van der Waals surface area contributed by atoms with Crippen molar-refractivity contribution < 1.29 is 13.2 Å². The SMILES string of the molecule is CC(=O)N1CCCc2cc(S(=O)(=O)Nc3nccs3)ccc21. The number of anilines is 2. The molecule has 0 radical (unpaired) electrons. The molecule has 116 valence electrons. The van der Waals surface area contributed by atoms with Gasteiger partial charge in [-0.3, -0.25) is 9.52 Å². The first kappa shape index (κ1) is 15.0. The van der Waals surface area contributed by atoms with Gasteiger partial charge in [0, 0.05) is 30.7 Å². The number of rotatable bonds is 3. The number of hydrogen-bond donors (Lipinski definition) is 1. The number of carbonyl (C=O) groups is 1. The molecule has 0 unspecified atom stereocenters.